The molecule has 1 aliphatic rings. The molecule has 3 aromatic rings. The molecule has 2 aromatic carbocycles. The SMILES string of the molecule is CC(C)S(=O)Nc1cc2c(cc1Cl)CCc1nc(N)nc(-c3ccccc3)c1-2. The van der Waals surface area contributed by atoms with Gasteiger partial charge in [0.05, 0.1) is 22.1 Å². The Labute approximate surface area is 172 Å². The van der Waals surface area contributed by atoms with E-state index >= 15 is 0 Å². The fourth-order valence-corrected chi connectivity index (χ4v) is 4.32. The Kier molecular flexibility index (Phi) is 5.08. The topological polar surface area (TPSA) is 80.9 Å². The molecule has 0 bridgehead atoms. The van der Waals surface area contributed by atoms with Crippen LogP contribution in [0.25, 0.3) is 22.4 Å². The number of nitrogens with two attached hydrogens (primary N) is 1. The number of nitrogens with one attached hydrogen (secondary N) is 1. The normalized spacial score (nSPS) is 13.7. The summed E-state index contributed by atoms with van der Waals surface area (Å²) in [5, 5.41) is 0.538. The minimum Gasteiger partial charge on any atom is -0.368 e. The highest BCUT2D eigenvalue weighted by molar-refractivity contribution is 7.86. The molecule has 7 heteroatoms. The number of benzene rings is 2. The van der Waals surface area contributed by atoms with Gasteiger partial charge in [0.25, 0.3) is 0 Å². The zero-order valence-corrected chi connectivity index (χ0v) is 17.3. The standard InChI is InChI=1S/C21H21ClN4OS/c1-12(2)28(27)26-18-11-15-14(10-16(18)22)8-9-17-19(15)20(25-21(23)24-17)13-6-4-3-5-7-13/h3-7,10-12,26H,8-9H2,1-2H3,(H2,23,24,25). The zero-order chi connectivity index (χ0) is 19.8. The van der Waals surface area contributed by atoms with Gasteiger partial charge in [-0.25, -0.2) is 14.2 Å². The second kappa shape index (κ2) is 7.53. The Balaban J connectivity index is 1.91. The van der Waals surface area contributed by atoms with Crippen LogP contribution < -0.4 is 10.5 Å². The molecule has 144 valence electrons. The third-order valence-electron chi connectivity index (χ3n) is 4.78. The number of rotatable bonds is 4. The summed E-state index contributed by atoms with van der Waals surface area (Å²) >= 11 is 6.47. The van der Waals surface area contributed by atoms with Crippen molar-refractivity contribution in [1.82, 2.24) is 9.97 Å². The van der Waals surface area contributed by atoms with E-state index < -0.39 is 11.0 Å². The molecule has 0 saturated carbocycles. The molecule has 0 radical (unpaired) electrons. The smallest absolute Gasteiger partial charge is 0.220 e. The van der Waals surface area contributed by atoms with Crippen molar-refractivity contribution in [2.75, 3.05) is 10.5 Å². The lowest BCUT2D eigenvalue weighted by Gasteiger charge is -2.23. The third kappa shape index (κ3) is 3.50. The molecule has 28 heavy (non-hydrogen) atoms. The summed E-state index contributed by atoms with van der Waals surface area (Å²) in [4.78, 5) is 9.04. The van der Waals surface area contributed by atoms with Crippen molar-refractivity contribution in [2.45, 2.75) is 31.9 Å². The number of hydrogen-bond acceptors (Lipinski definition) is 4. The van der Waals surface area contributed by atoms with E-state index in [1.54, 1.807) is 0 Å². The second-order valence-electron chi connectivity index (χ2n) is 7.06. The average molecular weight is 413 g/mol. The van der Waals surface area contributed by atoms with Gasteiger partial charge in [0, 0.05) is 16.4 Å². The summed E-state index contributed by atoms with van der Waals surface area (Å²) < 4.78 is 15.3. The number of fused-ring (bicyclic) bond motifs is 3. The van der Waals surface area contributed by atoms with E-state index in [2.05, 4.69) is 14.7 Å². The second-order valence-corrected chi connectivity index (χ2v) is 9.20. The van der Waals surface area contributed by atoms with Crippen molar-refractivity contribution in [3.8, 4) is 22.4 Å². The number of nitrogens with zero attached hydrogens (tertiary/aromatic N) is 2. The van der Waals surface area contributed by atoms with E-state index in [4.69, 9.17) is 17.3 Å². The van der Waals surface area contributed by atoms with Gasteiger partial charge >= 0.3 is 0 Å². The van der Waals surface area contributed by atoms with Crippen LogP contribution in [0.15, 0.2) is 42.5 Å². The zero-order valence-electron chi connectivity index (χ0n) is 15.7. The first-order chi connectivity index (χ1) is 13.4. The summed E-state index contributed by atoms with van der Waals surface area (Å²) in [6.07, 6.45) is 1.59. The highest BCUT2D eigenvalue weighted by Crippen LogP contribution is 2.42. The van der Waals surface area contributed by atoms with Gasteiger partial charge in [0.15, 0.2) is 0 Å². The molecule has 1 heterocycles. The van der Waals surface area contributed by atoms with Gasteiger partial charge in [-0.15, -0.1) is 0 Å². The lowest BCUT2D eigenvalue weighted by molar-refractivity contribution is 0.680. The Morgan fingerprint density at radius 1 is 1.14 bits per heavy atom. The molecule has 0 aliphatic heterocycles. The van der Waals surface area contributed by atoms with Crippen molar-refractivity contribution in [1.29, 1.82) is 0 Å². The van der Waals surface area contributed by atoms with Crippen molar-refractivity contribution in [3.63, 3.8) is 0 Å². The Bertz CT molecular complexity index is 1070. The highest BCUT2D eigenvalue weighted by Gasteiger charge is 2.25. The molecule has 3 N–H and O–H groups in total. The first kappa shape index (κ1) is 18.9. The first-order valence-electron chi connectivity index (χ1n) is 9.16. The van der Waals surface area contributed by atoms with Crippen LogP contribution >= 0.6 is 11.6 Å². The number of aromatic nitrogens is 2. The van der Waals surface area contributed by atoms with Gasteiger partial charge < -0.3 is 10.5 Å². The van der Waals surface area contributed by atoms with E-state index in [9.17, 15) is 4.21 Å². The Hall–Kier alpha value is -2.44. The molecule has 1 unspecified atom stereocenters. The minimum atomic E-state index is -1.22. The van der Waals surface area contributed by atoms with Crippen molar-refractivity contribution < 1.29 is 4.21 Å². The lowest BCUT2D eigenvalue weighted by atomic mass is 9.86. The Morgan fingerprint density at radius 2 is 1.89 bits per heavy atom. The van der Waals surface area contributed by atoms with E-state index in [0.717, 1.165) is 46.5 Å². The predicted molar refractivity (Wildman–Crippen MR) is 117 cm³/mol. The minimum absolute atomic E-state index is 0.0256. The van der Waals surface area contributed by atoms with Crippen LogP contribution in [0.1, 0.15) is 25.1 Å². The first-order valence-corrected chi connectivity index (χ1v) is 10.7. The maximum Gasteiger partial charge on any atom is 0.220 e. The van der Waals surface area contributed by atoms with E-state index in [-0.39, 0.29) is 11.2 Å². The number of hydrogen-bond donors (Lipinski definition) is 2. The summed E-state index contributed by atoms with van der Waals surface area (Å²) in [6, 6.07) is 13.9. The monoisotopic (exact) mass is 412 g/mol. The molecule has 0 amide bonds. The van der Waals surface area contributed by atoms with Crippen LogP contribution in [0.4, 0.5) is 11.6 Å². The van der Waals surface area contributed by atoms with Crippen LogP contribution in [0.5, 0.6) is 0 Å². The number of aryl methyl sites for hydroxylation is 2. The molecule has 1 atom stereocenters. The summed E-state index contributed by atoms with van der Waals surface area (Å²) in [6.45, 7) is 3.80. The van der Waals surface area contributed by atoms with Crippen LogP contribution in [-0.2, 0) is 23.8 Å². The van der Waals surface area contributed by atoms with Crippen molar-refractivity contribution in [2.24, 2.45) is 0 Å². The largest absolute Gasteiger partial charge is 0.368 e. The lowest BCUT2D eigenvalue weighted by Crippen LogP contribution is -2.16. The summed E-state index contributed by atoms with van der Waals surface area (Å²) in [7, 11) is -1.22. The van der Waals surface area contributed by atoms with Gasteiger partial charge in [-0.2, -0.15) is 0 Å². The van der Waals surface area contributed by atoms with Crippen LogP contribution in [0.3, 0.4) is 0 Å². The quantitative estimate of drug-likeness (QED) is 0.654. The predicted octanol–water partition coefficient (Wildman–Crippen LogP) is 4.63. The summed E-state index contributed by atoms with van der Waals surface area (Å²) in [5.74, 6) is 0.272. The number of halogens is 1. The van der Waals surface area contributed by atoms with Crippen LogP contribution in [0, 0.1) is 0 Å². The molecule has 1 aromatic heterocycles. The van der Waals surface area contributed by atoms with E-state index in [0.29, 0.717) is 10.7 Å². The molecule has 1 aliphatic carbocycles. The van der Waals surface area contributed by atoms with Crippen LogP contribution in [0.2, 0.25) is 5.02 Å². The molecule has 0 fully saturated rings. The Morgan fingerprint density at radius 3 is 2.61 bits per heavy atom. The maximum atomic E-state index is 12.3. The highest BCUT2D eigenvalue weighted by atomic mass is 35.5. The third-order valence-corrected chi connectivity index (χ3v) is 6.37. The van der Waals surface area contributed by atoms with Crippen molar-refractivity contribution in [3.05, 3.63) is 58.7 Å². The number of anilines is 2. The van der Waals surface area contributed by atoms with Gasteiger partial charge in [0.2, 0.25) is 5.95 Å². The van der Waals surface area contributed by atoms with Crippen LogP contribution in [-0.4, -0.2) is 19.4 Å². The van der Waals surface area contributed by atoms with E-state index in [1.807, 2.05) is 56.3 Å². The van der Waals surface area contributed by atoms with Crippen molar-refractivity contribution >= 4 is 34.2 Å². The van der Waals surface area contributed by atoms with E-state index in [1.165, 1.54) is 0 Å². The van der Waals surface area contributed by atoms with Gasteiger partial charge in [-0.3, -0.25) is 0 Å². The number of nitrogen functional groups attached to an aromatic ring is 1. The molecule has 4 rings (SSSR count). The molecule has 0 spiro atoms. The molecular formula is C21H21ClN4OS. The molecular weight excluding hydrogens is 392 g/mol. The fraction of sp³-hybridized carbons (Fsp3) is 0.238. The molecule has 0 saturated heterocycles. The average Bonchev–Trinajstić information content (AvgIpc) is 2.68. The molecule has 5 nitrogen and oxygen atoms in total. The van der Waals surface area contributed by atoms with Gasteiger partial charge in [0.1, 0.15) is 11.0 Å². The van der Waals surface area contributed by atoms with Gasteiger partial charge in [-0.05, 0) is 49.9 Å². The fourth-order valence-electron chi connectivity index (χ4n) is 3.41. The summed E-state index contributed by atoms with van der Waals surface area (Å²) in [5.41, 5.74) is 12.5. The maximum absolute atomic E-state index is 12.3. The van der Waals surface area contributed by atoms with Gasteiger partial charge in [-0.1, -0.05) is 41.9 Å².